The number of rotatable bonds is 14. The van der Waals surface area contributed by atoms with Crippen molar-refractivity contribution >= 4 is 43.6 Å². The van der Waals surface area contributed by atoms with Crippen LogP contribution in [0.25, 0.3) is 22.0 Å². The summed E-state index contributed by atoms with van der Waals surface area (Å²) in [5.41, 5.74) is 3.23. The molecule has 5 aromatic rings. The SMILES string of the molecule is CO[PH](=O)C(CCc1c(-c2ccc(F)cc2)c2ccccc2n1C(C)C)C(CC(=O)O)O[Si](c1ccccc1)(c1ccccc1)C(C)(C)C. The van der Waals surface area contributed by atoms with Gasteiger partial charge >= 0.3 is 5.97 Å². The highest BCUT2D eigenvalue weighted by molar-refractivity contribution is 7.40. The van der Waals surface area contributed by atoms with Crippen molar-refractivity contribution in [2.24, 2.45) is 0 Å². The topological polar surface area (TPSA) is 77.8 Å². The predicted octanol–water partition coefficient (Wildman–Crippen LogP) is 8.87. The molecule has 0 aliphatic carbocycles. The molecule has 0 amide bonds. The second-order valence-electron chi connectivity index (χ2n) is 13.9. The van der Waals surface area contributed by atoms with Crippen LogP contribution in [0.5, 0.6) is 0 Å². The van der Waals surface area contributed by atoms with Gasteiger partial charge in [-0.25, -0.2) is 4.39 Å². The summed E-state index contributed by atoms with van der Waals surface area (Å²) in [6, 6.07) is 34.9. The fraction of sp³-hybridized carbons (Fsp3) is 0.325. The summed E-state index contributed by atoms with van der Waals surface area (Å²) >= 11 is 0. The number of nitrogens with zero attached hydrogens (tertiary/aromatic N) is 1. The smallest absolute Gasteiger partial charge is 0.305 e. The highest BCUT2D eigenvalue weighted by Crippen LogP contribution is 2.44. The summed E-state index contributed by atoms with van der Waals surface area (Å²) in [5, 5.41) is 13.0. The first-order valence-corrected chi connectivity index (χ1v) is 20.2. The van der Waals surface area contributed by atoms with Gasteiger partial charge in [0.2, 0.25) is 0 Å². The Labute approximate surface area is 290 Å². The molecule has 0 spiro atoms. The summed E-state index contributed by atoms with van der Waals surface area (Å²) in [6.45, 7) is 10.7. The Kier molecular flexibility index (Phi) is 11.5. The number of hydrogen-bond acceptors (Lipinski definition) is 4. The van der Waals surface area contributed by atoms with E-state index in [9.17, 15) is 18.9 Å². The molecule has 4 aromatic carbocycles. The quantitative estimate of drug-likeness (QED) is 0.0926. The maximum atomic E-state index is 14.1. The molecule has 258 valence electrons. The van der Waals surface area contributed by atoms with Crippen molar-refractivity contribution in [1.29, 1.82) is 0 Å². The van der Waals surface area contributed by atoms with Crippen LogP contribution in [0.1, 0.15) is 59.2 Å². The summed E-state index contributed by atoms with van der Waals surface area (Å²) in [4.78, 5) is 12.6. The molecule has 1 N–H and O–H groups in total. The molecule has 1 heterocycles. The zero-order valence-corrected chi connectivity index (χ0v) is 31.2. The lowest BCUT2D eigenvalue weighted by molar-refractivity contribution is -0.139. The Hall–Kier alpha value is -3.81. The van der Waals surface area contributed by atoms with Gasteiger partial charge in [0.1, 0.15) is 5.82 Å². The van der Waals surface area contributed by atoms with Gasteiger partial charge in [0.05, 0.1) is 18.2 Å². The fourth-order valence-electron chi connectivity index (χ4n) is 7.35. The summed E-state index contributed by atoms with van der Waals surface area (Å²) < 4.78 is 43.3. The first kappa shape index (κ1) is 36.5. The largest absolute Gasteiger partial charge is 0.481 e. The highest BCUT2D eigenvalue weighted by atomic mass is 31.1. The van der Waals surface area contributed by atoms with E-state index in [1.165, 1.54) is 19.2 Å². The van der Waals surface area contributed by atoms with Crippen LogP contribution < -0.4 is 10.4 Å². The van der Waals surface area contributed by atoms with E-state index in [1.54, 1.807) is 12.1 Å². The van der Waals surface area contributed by atoms with Crippen molar-refractivity contribution in [1.82, 2.24) is 4.57 Å². The van der Waals surface area contributed by atoms with Crippen LogP contribution in [0.15, 0.2) is 109 Å². The van der Waals surface area contributed by atoms with Crippen LogP contribution in [0.4, 0.5) is 4.39 Å². The molecular weight excluding hydrogens is 652 g/mol. The molecule has 3 unspecified atom stereocenters. The van der Waals surface area contributed by atoms with E-state index in [0.717, 1.165) is 38.1 Å². The third-order valence-corrected chi connectivity index (χ3v) is 16.2. The molecule has 3 atom stereocenters. The molecule has 5 rings (SSSR count). The summed E-state index contributed by atoms with van der Waals surface area (Å²) in [6.07, 6.45) is -0.391. The second-order valence-corrected chi connectivity index (χ2v) is 19.9. The van der Waals surface area contributed by atoms with Crippen LogP contribution in [0.3, 0.4) is 0 Å². The van der Waals surface area contributed by atoms with E-state index in [2.05, 4.69) is 75.6 Å². The van der Waals surface area contributed by atoms with E-state index in [4.69, 9.17) is 8.95 Å². The fourth-order valence-corrected chi connectivity index (χ4v) is 13.4. The third-order valence-electron chi connectivity index (χ3n) is 9.43. The van der Waals surface area contributed by atoms with Crippen molar-refractivity contribution in [3.05, 3.63) is 121 Å². The normalized spacial score (nSPS) is 14.2. The lowest BCUT2D eigenvalue weighted by Crippen LogP contribution is -2.68. The summed E-state index contributed by atoms with van der Waals surface area (Å²) in [7, 11) is -4.57. The van der Waals surface area contributed by atoms with Gasteiger partial charge in [-0.1, -0.05) is 112 Å². The molecular formula is C40H47FNO5PSi. The average molecular weight is 700 g/mol. The minimum atomic E-state index is -3.22. The molecule has 49 heavy (non-hydrogen) atoms. The lowest BCUT2D eigenvalue weighted by Gasteiger charge is -2.46. The highest BCUT2D eigenvalue weighted by Gasteiger charge is 2.52. The number of halogens is 1. The standard InChI is InChI=1S/C40H47FNO5PSi/c1-28(2)42-34-20-14-13-19-33(34)39(29-21-23-30(41)24-22-29)35(42)25-26-37(48(45)46-6)36(27-38(43)44)47-49(40(3,4)5,31-15-9-7-10-16-31)32-17-11-8-12-18-32/h7-24,28,36-37,48H,25-27H2,1-6H3,(H,43,44). The van der Waals surface area contributed by atoms with E-state index in [1.807, 2.05) is 48.5 Å². The van der Waals surface area contributed by atoms with Crippen molar-refractivity contribution in [2.45, 2.75) is 76.7 Å². The molecule has 0 bridgehead atoms. The number of carbonyl (C=O) groups is 1. The number of aliphatic carboxylic acids is 1. The molecule has 0 saturated carbocycles. The summed E-state index contributed by atoms with van der Waals surface area (Å²) in [5.74, 6) is -1.34. The van der Waals surface area contributed by atoms with E-state index >= 15 is 0 Å². The second kappa shape index (κ2) is 15.4. The minimum Gasteiger partial charge on any atom is -0.481 e. The zero-order valence-electron chi connectivity index (χ0n) is 29.2. The maximum absolute atomic E-state index is 14.1. The van der Waals surface area contributed by atoms with Gasteiger partial charge < -0.3 is 18.6 Å². The lowest BCUT2D eigenvalue weighted by atomic mass is 9.98. The molecule has 1 aromatic heterocycles. The van der Waals surface area contributed by atoms with E-state index in [-0.39, 0.29) is 18.3 Å². The Balaban J connectivity index is 1.66. The number of benzene rings is 4. The average Bonchev–Trinajstić information content (AvgIpc) is 3.41. The molecule has 0 radical (unpaired) electrons. The van der Waals surface area contributed by atoms with Gasteiger partial charge in [0, 0.05) is 35.3 Å². The van der Waals surface area contributed by atoms with Crippen molar-refractivity contribution < 1.29 is 27.8 Å². The molecule has 0 saturated heterocycles. The van der Waals surface area contributed by atoms with Crippen LogP contribution in [0.2, 0.25) is 5.04 Å². The van der Waals surface area contributed by atoms with Crippen LogP contribution in [-0.4, -0.2) is 42.8 Å². The van der Waals surface area contributed by atoms with Crippen LogP contribution in [-0.2, 0) is 24.7 Å². The van der Waals surface area contributed by atoms with Crippen molar-refractivity contribution in [3.8, 4) is 11.1 Å². The zero-order chi connectivity index (χ0) is 35.3. The number of fused-ring (bicyclic) bond motifs is 1. The Bertz CT molecular complexity index is 1850. The number of carboxylic acid groups (broad SMARTS) is 1. The molecule has 9 heteroatoms. The molecule has 6 nitrogen and oxygen atoms in total. The monoisotopic (exact) mass is 699 g/mol. The number of aromatic nitrogens is 1. The third kappa shape index (κ3) is 7.53. The van der Waals surface area contributed by atoms with Gasteiger partial charge in [0.15, 0.2) is 8.03 Å². The minimum absolute atomic E-state index is 0.0928. The number of carboxylic acids is 1. The van der Waals surface area contributed by atoms with Crippen LogP contribution in [0, 0.1) is 5.82 Å². The number of para-hydroxylation sites is 1. The van der Waals surface area contributed by atoms with Crippen LogP contribution >= 0.6 is 8.03 Å². The first-order chi connectivity index (χ1) is 23.4. The Morgan fingerprint density at radius 2 is 1.43 bits per heavy atom. The van der Waals surface area contributed by atoms with Gasteiger partial charge in [-0.15, -0.1) is 0 Å². The first-order valence-electron chi connectivity index (χ1n) is 16.8. The van der Waals surface area contributed by atoms with Gasteiger partial charge in [-0.2, -0.15) is 0 Å². The predicted molar refractivity (Wildman–Crippen MR) is 201 cm³/mol. The molecule has 0 aliphatic heterocycles. The van der Waals surface area contributed by atoms with Crippen molar-refractivity contribution in [2.75, 3.05) is 7.11 Å². The van der Waals surface area contributed by atoms with E-state index in [0.29, 0.717) is 12.8 Å². The van der Waals surface area contributed by atoms with Gasteiger partial charge in [0.25, 0.3) is 8.32 Å². The maximum Gasteiger partial charge on any atom is 0.305 e. The van der Waals surface area contributed by atoms with Gasteiger partial charge in [-0.05, 0) is 65.9 Å². The Morgan fingerprint density at radius 3 is 1.94 bits per heavy atom. The Morgan fingerprint density at radius 1 is 0.878 bits per heavy atom. The van der Waals surface area contributed by atoms with Gasteiger partial charge in [-0.3, -0.25) is 9.36 Å². The molecule has 0 fully saturated rings. The number of hydrogen-bond donors (Lipinski definition) is 1. The van der Waals surface area contributed by atoms with Crippen molar-refractivity contribution in [3.63, 3.8) is 0 Å². The molecule has 0 aliphatic rings. The van der Waals surface area contributed by atoms with E-state index < -0.39 is 39.1 Å².